The average Bonchev–Trinajstić information content (AvgIpc) is 2.34. The van der Waals surface area contributed by atoms with Crippen molar-refractivity contribution in [3.8, 4) is 0 Å². The summed E-state index contributed by atoms with van der Waals surface area (Å²) in [6.07, 6.45) is 9.74. The van der Waals surface area contributed by atoms with E-state index < -0.39 is 0 Å². The SMILES string of the molecule is CC1=CC=C(NCCc2ccc(C)nc2)CC1. The van der Waals surface area contributed by atoms with Crippen LogP contribution in [0.3, 0.4) is 0 Å². The number of aromatic nitrogens is 1. The largest absolute Gasteiger partial charge is 0.388 e. The Morgan fingerprint density at radius 3 is 2.71 bits per heavy atom. The Morgan fingerprint density at radius 2 is 2.06 bits per heavy atom. The van der Waals surface area contributed by atoms with Gasteiger partial charge in [0, 0.05) is 24.1 Å². The second-order valence-electron chi connectivity index (χ2n) is 4.69. The predicted molar refractivity (Wildman–Crippen MR) is 71.8 cm³/mol. The van der Waals surface area contributed by atoms with Crippen LogP contribution < -0.4 is 5.32 Å². The van der Waals surface area contributed by atoms with E-state index in [0.717, 1.165) is 25.1 Å². The fourth-order valence-electron chi connectivity index (χ4n) is 1.90. The molecular formula is C15H20N2. The zero-order valence-corrected chi connectivity index (χ0v) is 10.7. The van der Waals surface area contributed by atoms with Crippen LogP contribution in [0.15, 0.2) is 41.8 Å². The third-order valence-electron chi connectivity index (χ3n) is 3.10. The Balaban J connectivity index is 1.78. The Bertz CT molecular complexity index is 427. The molecule has 0 radical (unpaired) electrons. The van der Waals surface area contributed by atoms with Crippen LogP contribution in [0.25, 0.3) is 0 Å². The van der Waals surface area contributed by atoms with Crippen LogP contribution in [0, 0.1) is 6.92 Å². The Kier molecular flexibility index (Phi) is 3.97. The highest BCUT2D eigenvalue weighted by Crippen LogP contribution is 2.15. The van der Waals surface area contributed by atoms with Crippen molar-refractivity contribution in [3.63, 3.8) is 0 Å². The van der Waals surface area contributed by atoms with E-state index in [-0.39, 0.29) is 0 Å². The molecule has 2 rings (SSSR count). The summed E-state index contributed by atoms with van der Waals surface area (Å²) < 4.78 is 0. The molecule has 1 heterocycles. The molecular weight excluding hydrogens is 208 g/mol. The summed E-state index contributed by atoms with van der Waals surface area (Å²) >= 11 is 0. The molecule has 0 fully saturated rings. The van der Waals surface area contributed by atoms with E-state index in [1.807, 2.05) is 13.1 Å². The van der Waals surface area contributed by atoms with E-state index in [0.29, 0.717) is 0 Å². The molecule has 2 heteroatoms. The van der Waals surface area contributed by atoms with Gasteiger partial charge >= 0.3 is 0 Å². The molecule has 1 aliphatic carbocycles. The van der Waals surface area contributed by atoms with Gasteiger partial charge in [-0.2, -0.15) is 0 Å². The van der Waals surface area contributed by atoms with Gasteiger partial charge in [-0.3, -0.25) is 4.98 Å². The minimum Gasteiger partial charge on any atom is -0.388 e. The molecule has 1 aromatic rings. The number of rotatable bonds is 4. The number of allylic oxidation sites excluding steroid dienone is 4. The minimum absolute atomic E-state index is 0.990. The maximum Gasteiger partial charge on any atom is 0.0372 e. The quantitative estimate of drug-likeness (QED) is 0.856. The summed E-state index contributed by atoms with van der Waals surface area (Å²) in [5, 5.41) is 3.49. The first-order chi connectivity index (χ1) is 8.24. The summed E-state index contributed by atoms with van der Waals surface area (Å²) in [5.74, 6) is 0. The molecule has 0 saturated heterocycles. The Labute approximate surface area is 103 Å². The lowest BCUT2D eigenvalue weighted by Gasteiger charge is -2.14. The third kappa shape index (κ3) is 3.74. The molecule has 0 aliphatic heterocycles. The minimum atomic E-state index is 0.990. The van der Waals surface area contributed by atoms with Crippen LogP contribution in [0.1, 0.15) is 31.0 Å². The van der Waals surface area contributed by atoms with Crippen molar-refractivity contribution >= 4 is 0 Å². The summed E-state index contributed by atoms with van der Waals surface area (Å²) in [5.41, 5.74) is 5.21. The van der Waals surface area contributed by atoms with Crippen molar-refractivity contribution in [1.82, 2.24) is 10.3 Å². The lowest BCUT2D eigenvalue weighted by molar-refractivity contribution is 0.724. The number of aryl methyl sites for hydroxylation is 1. The molecule has 1 aromatic heterocycles. The molecule has 0 unspecified atom stereocenters. The lowest BCUT2D eigenvalue weighted by atomic mass is 10.0. The molecule has 0 aromatic carbocycles. The first-order valence-corrected chi connectivity index (χ1v) is 6.26. The number of pyridine rings is 1. The first-order valence-electron chi connectivity index (χ1n) is 6.26. The summed E-state index contributed by atoms with van der Waals surface area (Å²) in [7, 11) is 0. The van der Waals surface area contributed by atoms with Crippen molar-refractivity contribution < 1.29 is 0 Å². The van der Waals surface area contributed by atoms with Crippen molar-refractivity contribution in [2.45, 2.75) is 33.1 Å². The van der Waals surface area contributed by atoms with Crippen LogP contribution in [-0.2, 0) is 6.42 Å². The van der Waals surface area contributed by atoms with Crippen LogP contribution in [-0.4, -0.2) is 11.5 Å². The average molecular weight is 228 g/mol. The van der Waals surface area contributed by atoms with Crippen LogP contribution >= 0.6 is 0 Å². The van der Waals surface area contributed by atoms with Crippen molar-refractivity contribution in [3.05, 3.63) is 53.0 Å². The van der Waals surface area contributed by atoms with Gasteiger partial charge in [0.25, 0.3) is 0 Å². The molecule has 1 aliphatic rings. The molecule has 90 valence electrons. The van der Waals surface area contributed by atoms with Gasteiger partial charge in [-0.25, -0.2) is 0 Å². The van der Waals surface area contributed by atoms with E-state index in [1.54, 1.807) is 0 Å². The molecule has 0 bridgehead atoms. The first kappa shape index (κ1) is 11.9. The lowest BCUT2D eigenvalue weighted by Crippen LogP contribution is -2.17. The highest BCUT2D eigenvalue weighted by atomic mass is 14.9. The van der Waals surface area contributed by atoms with Gasteiger partial charge in [0.05, 0.1) is 0 Å². The predicted octanol–water partition coefficient (Wildman–Crippen LogP) is 3.15. The van der Waals surface area contributed by atoms with E-state index in [1.165, 1.54) is 23.3 Å². The summed E-state index contributed by atoms with van der Waals surface area (Å²) in [4.78, 5) is 4.30. The highest BCUT2D eigenvalue weighted by molar-refractivity contribution is 5.22. The molecule has 2 nitrogen and oxygen atoms in total. The van der Waals surface area contributed by atoms with Gasteiger partial charge in [0.1, 0.15) is 0 Å². The number of hydrogen-bond donors (Lipinski definition) is 1. The van der Waals surface area contributed by atoms with Crippen molar-refractivity contribution in [2.75, 3.05) is 6.54 Å². The monoisotopic (exact) mass is 228 g/mol. The maximum absolute atomic E-state index is 4.30. The van der Waals surface area contributed by atoms with Crippen LogP contribution in [0.5, 0.6) is 0 Å². The van der Waals surface area contributed by atoms with E-state index in [9.17, 15) is 0 Å². The van der Waals surface area contributed by atoms with E-state index in [2.05, 4.69) is 41.5 Å². The summed E-state index contributed by atoms with van der Waals surface area (Å²) in [6, 6.07) is 4.23. The van der Waals surface area contributed by atoms with Gasteiger partial charge < -0.3 is 5.32 Å². The second-order valence-corrected chi connectivity index (χ2v) is 4.69. The molecule has 0 saturated carbocycles. The van der Waals surface area contributed by atoms with Gasteiger partial charge in [0.15, 0.2) is 0 Å². The van der Waals surface area contributed by atoms with Crippen LogP contribution in [0.2, 0.25) is 0 Å². The molecule has 17 heavy (non-hydrogen) atoms. The normalized spacial score (nSPS) is 15.2. The number of nitrogens with one attached hydrogen (secondary N) is 1. The fourth-order valence-corrected chi connectivity index (χ4v) is 1.90. The smallest absolute Gasteiger partial charge is 0.0372 e. The summed E-state index contributed by atoms with van der Waals surface area (Å²) in [6.45, 7) is 5.19. The van der Waals surface area contributed by atoms with Gasteiger partial charge in [-0.05, 0) is 50.8 Å². The van der Waals surface area contributed by atoms with Gasteiger partial charge in [-0.1, -0.05) is 17.7 Å². The zero-order valence-electron chi connectivity index (χ0n) is 10.7. The highest BCUT2D eigenvalue weighted by Gasteiger charge is 2.02. The second kappa shape index (κ2) is 5.67. The Hall–Kier alpha value is -1.57. The van der Waals surface area contributed by atoms with E-state index in [4.69, 9.17) is 0 Å². The molecule has 0 atom stereocenters. The van der Waals surface area contributed by atoms with E-state index >= 15 is 0 Å². The van der Waals surface area contributed by atoms with Gasteiger partial charge in [0.2, 0.25) is 0 Å². The number of hydrogen-bond acceptors (Lipinski definition) is 2. The fraction of sp³-hybridized carbons (Fsp3) is 0.400. The molecule has 1 N–H and O–H groups in total. The number of nitrogens with zero attached hydrogens (tertiary/aromatic N) is 1. The van der Waals surface area contributed by atoms with Crippen LogP contribution in [0.4, 0.5) is 0 Å². The zero-order chi connectivity index (χ0) is 12.1. The third-order valence-corrected chi connectivity index (χ3v) is 3.10. The Morgan fingerprint density at radius 1 is 1.18 bits per heavy atom. The molecule has 0 amide bonds. The standard InChI is InChI=1S/C15H20N2/c1-12-3-7-15(8-4-12)16-10-9-14-6-5-13(2)17-11-14/h3,5-7,11,16H,4,8-10H2,1-2H3. The van der Waals surface area contributed by atoms with Gasteiger partial charge in [-0.15, -0.1) is 0 Å². The van der Waals surface area contributed by atoms with Crippen molar-refractivity contribution in [1.29, 1.82) is 0 Å². The molecule has 0 spiro atoms. The maximum atomic E-state index is 4.30. The van der Waals surface area contributed by atoms with Crippen molar-refractivity contribution in [2.24, 2.45) is 0 Å². The topological polar surface area (TPSA) is 24.9 Å².